The minimum absolute atomic E-state index is 0.0406. The molecule has 2 aliphatic heterocycles. The minimum atomic E-state index is -0.0406. The molecule has 2 fully saturated rings. The molecule has 0 aromatic heterocycles. The van der Waals surface area contributed by atoms with Crippen molar-refractivity contribution in [3.8, 4) is 0 Å². The first kappa shape index (κ1) is 10.9. The van der Waals surface area contributed by atoms with Crippen molar-refractivity contribution in [2.75, 3.05) is 46.0 Å². The number of carbonyl (C=O) groups is 1. The number of ether oxygens (including phenoxy) is 2. The smallest absolute Gasteiger partial charge is 0.225 e. The van der Waals surface area contributed by atoms with Crippen molar-refractivity contribution in [1.82, 2.24) is 10.2 Å². The molecule has 1 N–H and O–H groups in total. The third kappa shape index (κ3) is 3.15. The fourth-order valence-corrected chi connectivity index (χ4v) is 1.89. The Morgan fingerprint density at radius 1 is 1.33 bits per heavy atom. The molecule has 2 heterocycles. The van der Waals surface area contributed by atoms with Gasteiger partial charge in [0.25, 0.3) is 0 Å². The zero-order valence-electron chi connectivity index (χ0n) is 8.91. The fraction of sp³-hybridized carbons (Fsp3) is 0.900. The Labute approximate surface area is 89.7 Å². The van der Waals surface area contributed by atoms with Crippen molar-refractivity contribution in [2.24, 2.45) is 0 Å². The van der Waals surface area contributed by atoms with Gasteiger partial charge in [-0.25, -0.2) is 0 Å². The average molecular weight is 214 g/mol. The molecule has 5 heteroatoms. The van der Waals surface area contributed by atoms with Gasteiger partial charge < -0.3 is 19.7 Å². The SMILES string of the molecule is O=C(CC1COCCO1)N1CCNCC1. The first-order chi connectivity index (χ1) is 7.36. The normalized spacial score (nSPS) is 27.7. The summed E-state index contributed by atoms with van der Waals surface area (Å²) in [4.78, 5) is 13.7. The van der Waals surface area contributed by atoms with Gasteiger partial charge in [-0.15, -0.1) is 0 Å². The maximum Gasteiger partial charge on any atom is 0.225 e. The molecule has 0 aromatic rings. The van der Waals surface area contributed by atoms with Crippen molar-refractivity contribution in [3.05, 3.63) is 0 Å². The monoisotopic (exact) mass is 214 g/mol. The van der Waals surface area contributed by atoms with E-state index >= 15 is 0 Å². The van der Waals surface area contributed by atoms with E-state index < -0.39 is 0 Å². The summed E-state index contributed by atoms with van der Waals surface area (Å²) in [6.45, 7) is 5.23. The highest BCUT2D eigenvalue weighted by molar-refractivity contribution is 5.76. The van der Waals surface area contributed by atoms with Gasteiger partial charge in [-0.3, -0.25) is 4.79 Å². The lowest BCUT2D eigenvalue weighted by Crippen LogP contribution is -2.47. The van der Waals surface area contributed by atoms with Crippen LogP contribution in [0.3, 0.4) is 0 Å². The second-order valence-corrected chi connectivity index (χ2v) is 3.90. The van der Waals surface area contributed by atoms with Crippen LogP contribution in [0, 0.1) is 0 Å². The summed E-state index contributed by atoms with van der Waals surface area (Å²) in [5, 5.41) is 3.22. The van der Waals surface area contributed by atoms with Gasteiger partial charge in [-0.2, -0.15) is 0 Å². The topological polar surface area (TPSA) is 50.8 Å². The number of amides is 1. The molecule has 0 radical (unpaired) electrons. The summed E-state index contributed by atoms with van der Waals surface area (Å²) in [5.41, 5.74) is 0. The third-order valence-corrected chi connectivity index (χ3v) is 2.76. The maximum atomic E-state index is 11.8. The molecule has 1 amide bonds. The summed E-state index contributed by atoms with van der Waals surface area (Å²) in [6, 6.07) is 0. The minimum Gasteiger partial charge on any atom is -0.376 e. The second-order valence-electron chi connectivity index (χ2n) is 3.90. The van der Waals surface area contributed by atoms with Crippen LogP contribution in [0.2, 0.25) is 0 Å². The Morgan fingerprint density at radius 2 is 2.13 bits per heavy atom. The summed E-state index contributed by atoms with van der Waals surface area (Å²) < 4.78 is 10.7. The molecule has 1 atom stereocenters. The van der Waals surface area contributed by atoms with E-state index in [4.69, 9.17) is 9.47 Å². The highest BCUT2D eigenvalue weighted by Crippen LogP contribution is 2.08. The van der Waals surface area contributed by atoms with Gasteiger partial charge in [0.1, 0.15) is 0 Å². The van der Waals surface area contributed by atoms with Crippen LogP contribution in [0.1, 0.15) is 6.42 Å². The van der Waals surface area contributed by atoms with E-state index in [2.05, 4.69) is 5.32 Å². The lowest BCUT2D eigenvalue weighted by atomic mass is 10.2. The fourth-order valence-electron chi connectivity index (χ4n) is 1.89. The highest BCUT2D eigenvalue weighted by Gasteiger charge is 2.22. The molecule has 2 rings (SSSR count). The Bertz CT molecular complexity index is 211. The van der Waals surface area contributed by atoms with Crippen LogP contribution in [0.5, 0.6) is 0 Å². The van der Waals surface area contributed by atoms with Gasteiger partial charge in [0.2, 0.25) is 5.91 Å². The van der Waals surface area contributed by atoms with Gasteiger partial charge >= 0.3 is 0 Å². The van der Waals surface area contributed by atoms with E-state index in [9.17, 15) is 4.79 Å². The van der Waals surface area contributed by atoms with Crippen LogP contribution in [0.25, 0.3) is 0 Å². The quantitative estimate of drug-likeness (QED) is 0.655. The van der Waals surface area contributed by atoms with E-state index in [-0.39, 0.29) is 12.0 Å². The van der Waals surface area contributed by atoms with E-state index in [0.717, 1.165) is 26.2 Å². The predicted octanol–water partition coefficient (Wildman–Crippen LogP) is -0.776. The predicted molar refractivity (Wildman–Crippen MR) is 54.6 cm³/mol. The number of carbonyl (C=O) groups excluding carboxylic acids is 1. The first-order valence-corrected chi connectivity index (χ1v) is 5.54. The zero-order valence-corrected chi connectivity index (χ0v) is 8.91. The van der Waals surface area contributed by atoms with E-state index in [1.54, 1.807) is 0 Å². The molecule has 86 valence electrons. The largest absolute Gasteiger partial charge is 0.376 e. The number of nitrogens with one attached hydrogen (secondary N) is 1. The zero-order chi connectivity index (χ0) is 10.5. The van der Waals surface area contributed by atoms with Crippen LogP contribution in [0.4, 0.5) is 0 Å². The van der Waals surface area contributed by atoms with Crippen molar-refractivity contribution < 1.29 is 14.3 Å². The Balaban J connectivity index is 1.74. The lowest BCUT2D eigenvalue weighted by molar-refractivity contribution is -0.141. The molecule has 0 bridgehead atoms. The Hall–Kier alpha value is -0.650. The molecule has 0 aliphatic carbocycles. The van der Waals surface area contributed by atoms with Gasteiger partial charge in [0, 0.05) is 26.2 Å². The maximum absolute atomic E-state index is 11.8. The van der Waals surface area contributed by atoms with E-state index in [0.29, 0.717) is 26.2 Å². The summed E-state index contributed by atoms with van der Waals surface area (Å²) in [6.07, 6.45) is 0.418. The molecular formula is C10H18N2O3. The lowest BCUT2D eigenvalue weighted by Gasteiger charge is -2.30. The molecule has 5 nitrogen and oxygen atoms in total. The van der Waals surface area contributed by atoms with Crippen molar-refractivity contribution >= 4 is 5.91 Å². The molecule has 1 unspecified atom stereocenters. The Kier molecular flexibility index (Phi) is 3.94. The average Bonchev–Trinajstić information content (AvgIpc) is 2.31. The molecule has 15 heavy (non-hydrogen) atoms. The molecular weight excluding hydrogens is 196 g/mol. The number of hydrogen-bond donors (Lipinski definition) is 1. The number of piperazine rings is 1. The molecule has 2 aliphatic rings. The highest BCUT2D eigenvalue weighted by atomic mass is 16.6. The van der Waals surface area contributed by atoms with Gasteiger partial charge in [-0.05, 0) is 0 Å². The van der Waals surface area contributed by atoms with Crippen molar-refractivity contribution in [3.63, 3.8) is 0 Å². The van der Waals surface area contributed by atoms with Gasteiger partial charge in [0.05, 0.1) is 32.3 Å². The first-order valence-electron chi connectivity index (χ1n) is 5.54. The van der Waals surface area contributed by atoms with Gasteiger partial charge in [-0.1, -0.05) is 0 Å². The third-order valence-electron chi connectivity index (χ3n) is 2.76. The Morgan fingerprint density at radius 3 is 2.80 bits per heavy atom. The number of nitrogens with zero attached hydrogens (tertiary/aromatic N) is 1. The van der Waals surface area contributed by atoms with E-state index in [1.807, 2.05) is 4.90 Å². The molecule has 0 aromatic carbocycles. The van der Waals surface area contributed by atoms with Crippen LogP contribution < -0.4 is 5.32 Å². The standard InChI is InChI=1S/C10H18N2O3/c13-10(12-3-1-11-2-4-12)7-9-8-14-5-6-15-9/h9,11H,1-8H2. The second kappa shape index (κ2) is 5.44. The van der Waals surface area contributed by atoms with Crippen LogP contribution in [-0.4, -0.2) is 62.9 Å². The summed E-state index contributed by atoms with van der Waals surface area (Å²) in [7, 11) is 0. The van der Waals surface area contributed by atoms with Crippen LogP contribution >= 0.6 is 0 Å². The van der Waals surface area contributed by atoms with Crippen molar-refractivity contribution in [2.45, 2.75) is 12.5 Å². The van der Waals surface area contributed by atoms with Gasteiger partial charge in [0.15, 0.2) is 0 Å². The van der Waals surface area contributed by atoms with E-state index in [1.165, 1.54) is 0 Å². The molecule has 0 spiro atoms. The summed E-state index contributed by atoms with van der Waals surface area (Å²) in [5.74, 6) is 0.187. The number of rotatable bonds is 2. The van der Waals surface area contributed by atoms with Crippen molar-refractivity contribution in [1.29, 1.82) is 0 Å². The molecule has 2 saturated heterocycles. The number of hydrogen-bond acceptors (Lipinski definition) is 4. The molecule has 0 saturated carbocycles. The summed E-state index contributed by atoms with van der Waals surface area (Å²) >= 11 is 0. The van der Waals surface area contributed by atoms with Crippen LogP contribution in [0.15, 0.2) is 0 Å². The van der Waals surface area contributed by atoms with Crippen LogP contribution in [-0.2, 0) is 14.3 Å².